The summed E-state index contributed by atoms with van der Waals surface area (Å²) in [6, 6.07) is 5.09. The number of carbonyl (C=O) groups is 2. The minimum Gasteiger partial charge on any atom is -0.465 e. The molecule has 3 rings (SSSR count). The first-order valence-electron chi connectivity index (χ1n) is 8.92. The van der Waals surface area contributed by atoms with Crippen LogP contribution < -0.4 is 10.2 Å². The van der Waals surface area contributed by atoms with Gasteiger partial charge in [-0.25, -0.2) is 4.39 Å². The van der Waals surface area contributed by atoms with Crippen molar-refractivity contribution in [2.24, 2.45) is 5.92 Å². The number of ether oxygens (including phenoxy) is 1. The van der Waals surface area contributed by atoms with Crippen molar-refractivity contribution in [3.63, 3.8) is 0 Å². The van der Waals surface area contributed by atoms with Gasteiger partial charge < -0.3 is 15.0 Å². The second-order valence-electron chi connectivity index (χ2n) is 6.37. The van der Waals surface area contributed by atoms with Crippen LogP contribution in [0.3, 0.4) is 0 Å². The molecule has 2 heterocycles. The molecule has 1 aliphatic rings. The van der Waals surface area contributed by atoms with Crippen LogP contribution in [0.4, 0.5) is 10.1 Å². The Labute approximate surface area is 161 Å². The summed E-state index contributed by atoms with van der Waals surface area (Å²) in [5.41, 5.74) is 0.706. The predicted octanol–water partition coefficient (Wildman–Crippen LogP) is 2.92. The second-order valence-corrected chi connectivity index (χ2v) is 6.78. The first-order chi connectivity index (χ1) is 13.0. The monoisotopic (exact) mass is 393 g/mol. The Morgan fingerprint density at radius 3 is 2.78 bits per heavy atom. The van der Waals surface area contributed by atoms with Gasteiger partial charge >= 0.3 is 5.97 Å². The highest BCUT2D eigenvalue weighted by Gasteiger charge is 2.27. The molecule has 1 aromatic carbocycles. The fourth-order valence-corrected chi connectivity index (χ4v) is 3.49. The molecule has 6 nitrogen and oxygen atoms in total. The molecular weight excluding hydrogens is 373 g/mol. The van der Waals surface area contributed by atoms with Gasteiger partial charge in [0.05, 0.1) is 17.3 Å². The van der Waals surface area contributed by atoms with Gasteiger partial charge in [-0.2, -0.15) is 0 Å². The Morgan fingerprint density at radius 1 is 1.33 bits per heavy atom. The van der Waals surface area contributed by atoms with Crippen LogP contribution >= 0.6 is 11.6 Å². The molecule has 0 atom stereocenters. The zero-order chi connectivity index (χ0) is 19.4. The van der Waals surface area contributed by atoms with E-state index in [0.29, 0.717) is 42.0 Å². The molecule has 1 aromatic heterocycles. The number of nitrogens with one attached hydrogen (secondary N) is 1. The number of anilines is 1. The Hall–Kier alpha value is -2.41. The van der Waals surface area contributed by atoms with Gasteiger partial charge in [-0.3, -0.25) is 14.6 Å². The number of hydrogen-bond acceptors (Lipinski definition) is 5. The lowest BCUT2D eigenvalue weighted by atomic mass is 9.95. The molecule has 1 saturated heterocycles. The number of aromatic nitrogens is 1. The van der Waals surface area contributed by atoms with Gasteiger partial charge in [-0.1, -0.05) is 11.6 Å². The van der Waals surface area contributed by atoms with E-state index in [9.17, 15) is 14.0 Å². The summed E-state index contributed by atoms with van der Waals surface area (Å²) in [4.78, 5) is 29.5. The van der Waals surface area contributed by atoms with E-state index in [0.717, 1.165) is 0 Å². The van der Waals surface area contributed by atoms with Crippen LogP contribution in [0.2, 0.25) is 5.02 Å². The molecule has 0 spiro atoms. The van der Waals surface area contributed by atoms with Crippen molar-refractivity contribution in [3.8, 4) is 0 Å². The van der Waals surface area contributed by atoms with Gasteiger partial charge in [0.1, 0.15) is 12.1 Å². The van der Waals surface area contributed by atoms with E-state index in [1.54, 1.807) is 25.1 Å². The van der Waals surface area contributed by atoms with Crippen LogP contribution in [0.1, 0.15) is 19.8 Å². The summed E-state index contributed by atoms with van der Waals surface area (Å²) < 4.78 is 19.7. The molecule has 1 amide bonds. The molecule has 1 N–H and O–H groups in total. The van der Waals surface area contributed by atoms with E-state index in [1.807, 2.05) is 4.90 Å². The number of hydrogen-bond donors (Lipinski definition) is 1. The van der Waals surface area contributed by atoms with Gasteiger partial charge in [0.15, 0.2) is 5.82 Å². The van der Waals surface area contributed by atoms with Crippen molar-refractivity contribution in [1.82, 2.24) is 10.3 Å². The maximum atomic E-state index is 14.9. The third kappa shape index (κ3) is 4.30. The van der Waals surface area contributed by atoms with Crippen LogP contribution in [-0.4, -0.2) is 43.1 Å². The lowest BCUT2D eigenvalue weighted by molar-refractivity contribution is -0.143. The number of esters is 1. The minimum atomic E-state index is -0.451. The highest BCUT2D eigenvalue weighted by Crippen LogP contribution is 2.32. The summed E-state index contributed by atoms with van der Waals surface area (Å²) in [5.74, 6) is -1.23. The number of amides is 1. The zero-order valence-corrected chi connectivity index (χ0v) is 15.8. The fraction of sp³-hybridized carbons (Fsp3) is 0.421. The molecule has 1 fully saturated rings. The molecule has 27 heavy (non-hydrogen) atoms. The van der Waals surface area contributed by atoms with Gasteiger partial charge in [0.25, 0.3) is 0 Å². The van der Waals surface area contributed by atoms with Crippen LogP contribution in [-0.2, 0) is 14.3 Å². The molecule has 2 aromatic rings. The van der Waals surface area contributed by atoms with Gasteiger partial charge in [-0.15, -0.1) is 0 Å². The molecule has 0 radical (unpaired) electrons. The minimum absolute atomic E-state index is 0.126. The third-order valence-corrected chi connectivity index (χ3v) is 5.03. The van der Waals surface area contributed by atoms with E-state index in [4.69, 9.17) is 16.3 Å². The number of carbonyl (C=O) groups excluding carboxylic acids is 2. The molecule has 0 saturated carbocycles. The number of fused-ring (bicyclic) bond motifs is 1. The number of halogens is 2. The first-order valence-corrected chi connectivity index (χ1v) is 9.30. The maximum Gasteiger partial charge on any atom is 0.325 e. The molecule has 0 aliphatic carbocycles. The lowest BCUT2D eigenvalue weighted by Crippen LogP contribution is -2.42. The molecule has 8 heteroatoms. The lowest BCUT2D eigenvalue weighted by Gasteiger charge is -2.33. The molecule has 0 unspecified atom stereocenters. The van der Waals surface area contributed by atoms with E-state index in [1.165, 1.54) is 6.20 Å². The second kappa shape index (κ2) is 8.52. The summed E-state index contributed by atoms with van der Waals surface area (Å²) in [5, 5.41) is 3.64. The highest BCUT2D eigenvalue weighted by atomic mass is 35.5. The van der Waals surface area contributed by atoms with E-state index in [2.05, 4.69) is 10.3 Å². The summed E-state index contributed by atoms with van der Waals surface area (Å²) in [7, 11) is 0. The SMILES string of the molecule is CCOC(=O)CNC(=O)C1CCN(c2ccc3c(Cl)ccnc3c2F)CC1. The van der Waals surface area contributed by atoms with Crippen molar-refractivity contribution >= 4 is 40.1 Å². The van der Waals surface area contributed by atoms with E-state index < -0.39 is 11.8 Å². The molecular formula is C19H21ClFN3O3. The Balaban J connectivity index is 1.62. The number of nitrogens with zero attached hydrogens (tertiary/aromatic N) is 2. The molecule has 1 aliphatic heterocycles. The van der Waals surface area contributed by atoms with Crippen molar-refractivity contribution < 1.29 is 18.7 Å². The summed E-state index contributed by atoms with van der Waals surface area (Å²) in [6.45, 7) is 2.95. The summed E-state index contributed by atoms with van der Waals surface area (Å²) in [6.07, 6.45) is 2.64. The van der Waals surface area contributed by atoms with Gasteiger partial charge in [-0.05, 0) is 38.0 Å². The van der Waals surface area contributed by atoms with E-state index in [-0.39, 0.29) is 30.5 Å². The maximum absolute atomic E-state index is 14.9. The van der Waals surface area contributed by atoms with Gasteiger partial charge in [0.2, 0.25) is 5.91 Å². The average molecular weight is 394 g/mol. The number of piperidine rings is 1. The van der Waals surface area contributed by atoms with Crippen molar-refractivity contribution in [3.05, 3.63) is 35.2 Å². The highest BCUT2D eigenvalue weighted by molar-refractivity contribution is 6.35. The van der Waals surface area contributed by atoms with Crippen molar-refractivity contribution in [2.75, 3.05) is 31.1 Å². The van der Waals surface area contributed by atoms with Crippen molar-refractivity contribution in [1.29, 1.82) is 0 Å². The van der Waals surface area contributed by atoms with Crippen LogP contribution in [0.25, 0.3) is 10.9 Å². The van der Waals surface area contributed by atoms with Crippen molar-refractivity contribution in [2.45, 2.75) is 19.8 Å². The fourth-order valence-electron chi connectivity index (χ4n) is 3.28. The Morgan fingerprint density at radius 2 is 2.07 bits per heavy atom. The topological polar surface area (TPSA) is 71.5 Å². The largest absolute Gasteiger partial charge is 0.465 e. The zero-order valence-electron chi connectivity index (χ0n) is 15.0. The van der Waals surface area contributed by atoms with Crippen LogP contribution in [0, 0.1) is 11.7 Å². The smallest absolute Gasteiger partial charge is 0.325 e. The number of pyridine rings is 1. The van der Waals surface area contributed by atoms with Crippen LogP contribution in [0.15, 0.2) is 24.4 Å². The molecule has 0 bridgehead atoms. The average Bonchev–Trinajstić information content (AvgIpc) is 2.67. The number of rotatable bonds is 5. The third-order valence-electron chi connectivity index (χ3n) is 4.70. The predicted molar refractivity (Wildman–Crippen MR) is 101 cm³/mol. The Bertz CT molecular complexity index is 853. The first kappa shape index (κ1) is 19.4. The Kier molecular flexibility index (Phi) is 6.11. The quantitative estimate of drug-likeness (QED) is 0.791. The van der Waals surface area contributed by atoms with Gasteiger partial charge in [0, 0.05) is 30.6 Å². The van der Waals surface area contributed by atoms with Crippen LogP contribution in [0.5, 0.6) is 0 Å². The normalized spacial score (nSPS) is 15.0. The van der Waals surface area contributed by atoms with E-state index >= 15 is 0 Å². The number of benzene rings is 1. The molecule has 144 valence electrons. The standard InChI is InChI=1S/C19H21ClFN3O3/c1-2-27-16(25)11-23-19(26)12-6-9-24(10-7-12)15-4-3-13-14(20)5-8-22-18(13)17(15)21/h3-5,8,12H,2,6-7,9-11H2,1H3,(H,23,26). The summed E-state index contributed by atoms with van der Waals surface area (Å²) >= 11 is 6.10.